The summed E-state index contributed by atoms with van der Waals surface area (Å²) < 4.78 is 0.927. The Morgan fingerprint density at radius 3 is 3.10 bits per heavy atom. The van der Waals surface area contributed by atoms with E-state index in [2.05, 4.69) is 26.6 Å². The zero-order chi connectivity index (χ0) is 14.5. The second-order valence-electron chi connectivity index (χ2n) is 4.81. The van der Waals surface area contributed by atoms with Crippen molar-refractivity contribution in [2.75, 3.05) is 25.0 Å². The number of hydrogen-bond acceptors (Lipinski definition) is 3. The molecule has 0 aliphatic carbocycles. The third kappa shape index (κ3) is 4.05. The standard InChI is InChI=1S/C14H18BrN3O2/c1-10-14(20)16-6-8-18(10)7-5-13(19)17-12-4-2-3-11(15)9-12/h2-4,9-10H,5-8H2,1H3,(H,16,20)(H,17,19). The highest BCUT2D eigenvalue weighted by Gasteiger charge is 2.25. The summed E-state index contributed by atoms with van der Waals surface area (Å²) in [4.78, 5) is 25.4. The molecule has 2 N–H and O–H groups in total. The van der Waals surface area contributed by atoms with Crippen LogP contribution in [0.4, 0.5) is 5.69 Å². The minimum atomic E-state index is -0.164. The van der Waals surface area contributed by atoms with Gasteiger partial charge in [-0.15, -0.1) is 0 Å². The van der Waals surface area contributed by atoms with E-state index >= 15 is 0 Å². The number of benzene rings is 1. The van der Waals surface area contributed by atoms with Crippen LogP contribution in [-0.4, -0.2) is 42.4 Å². The maximum atomic E-state index is 11.9. The quantitative estimate of drug-likeness (QED) is 0.875. The van der Waals surface area contributed by atoms with Gasteiger partial charge in [0.25, 0.3) is 0 Å². The van der Waals surface area contributed by atoms with Gasteiger partial charge in [-0.3, -0.25) is 14.5 Å². The second kappa shape index (κ2) is 6.85. The summed E-state index contributed by atoms with van der Waals surface area (Å²) in [6.45, 7) is 3.89. The van der Waals surface area contributed by atoms with Crippen LogP contribution in [0.1, 0.15) is 13.3 Å². The Bertz CT molecular complexity index is 507. The van der Waals surface area contributed by atoms with Gasteiger partial charge in [0, 0.05) is 36.2 Å². The Morgan fingerprint density at radius 1 is 1.55 bits per heavy atom. The summed E-state index contributed by atoms with van der Waals surface area (Å²) in [7, 11) is 0. The molecule has 0 bridgehead atoms. The highest BCUT2D eigenvalue weighted by atomic mass is 79.9. The Balaban J connectivity index is 1.82. The summed E-state index contributed by atoms with van der Waals surface area (Å²) in [6, 6.07) is 7.32. The van der Waals surface area contributed by atoms with Gasteiger partial charge in [-0.2, -0.15) is 0 Å². The molecule has 1 aromatic rings. The van der Waals surface area contributed by atoms with Crippen molar-refractivity contribution in [2.45, 2.75) is 19.4 Å². The number of carbonyl (C=O) groups excluding carboxylic acids is 2. The molecule has 0 aromatic heterocycles. The van der Waals surface area contributed by atoms with Crippen LogP contribution in [0, 0.1) is 0 Å². The third-order valence-corrected chi connectivity index (χ3v) is 3.85. The van der Waals surface area contributed by atoms with Crippen molar-refractivity contribution in [3.63, 3.8) is 0 Å². The van der Waals surface area contributed by atoms with Gasteiger partial charge in [0.1, 0.15) is 0 Å². The summed E-state index contributed by atoms with van der Waals surface area (Å²) >= 11 is 3.36. The predicted octanol–water partition coefficient (Wildman–Crippen LogP) is 1.60. The van der Waals surface area contributed by atoms with Crippen molar-refractivity contribution in [2.24, 2.45) is 0 Å². The van der Waals surface area contributed by atoms with E-state index in [0.717, 1.165) is 16.7 Å². The molecule has 108 valence electrons. The number of carbonyl (C=O) groups is 2. The van der Waals surface area contributed by atoms with Crippen molar-refractivity contribution < 1.29 is 9.59 Å². The second-order valence-corrected chi connectivity index (χ2v) is 5.73. The monoisotopic (exact) mass is 339 g/mol. The lowest BCUT2D eigenvalue weighted by Gasteiger charge is -2.32. The molecule has 1 unspecified atom stereocenters. The van der Waals surface area contributed by atoms with Gasteiger partial charge in [0.05, 0.1) is 6.04 Å². The SMILES string of the molecule is CC1C(=O)NCCN1CCC(=O)Nc1cccc(Br)c1. The minimum absolute atomic E-state index is 0.0312. The summed E-state index contributed by atoms with van der Waals surface area (Å²) in [5, 5.41) is 5.66. The Labute approximate surface area is 126 Å². The van der Waals surface area contributed by atoms with Crippen molar-refractivity contribution in [3.8, 4) is 0 Å². The van der Waals surface area contributed by atoms with E-state index < -0.39 is 0 Å². The molecule has 1 aliphatic rings. The average molecular weight is 340 g/mol. The fourth-order valence-electron chi connectivity index (χ4n) is 2.17. The van der Waals surface area contributed by atoms with Crippen molar-refractivity contribution >= 4 is 33.4 Å². The zero-order valence-corrected chi connectivity index (χ0v) is 12.9. The van der Waals surface area contributed by atoms with Gasteiger partial charge in [-0.25, -0.2) is 0 Å². The van der Waals surface area contributed by atoms with Gasteiger partial charge in [0.2, 0.25) is 11.8 Å². The van der Waals surface area contributed by atoms with Crippen LogP contribution in [0.15, 0.2) is 28.7 Å². The van der Waals surface area contributed by atoms with Gasteiger partial charge in [-0.1, -0.05) is 22.0 Å². The highest BCUT2D eigenvalue weighted by molar-refractivity contribution is 9.10. The van der Waals surface area contributed by atoms with E-state index in [1.807, 2.05) is 36.1 Å². The lowest BCUT2D eigenvalue weighted by atomic mass is 10.2. The maximum absolute atomic E-state index is 11.9. The smallest absolute Gasteiger partial charge is 0.237 e. The summed E-state index contributed by atoms with van der Waals surface area (Å²) in [5.41, 5.74) is 0.772. The third-order valence-electron chi connectivity index (χ3n) is 3.36. The zero-order valence-electron chi connectivity index (χ0n) is 11.4. The molecule has 5 nitrogen and oxygen atoms in total. The van der Waals surface area contributed by atoms with E-state index in [4.69, 9.17) is 0 Å². The van der Waals surface area contributed by atoms with E-state index in [-0.39, 0.29) is 17.9 Å². The number of amides is 2. The largest absolute Gasteiger partial charge is 0.353 e. The molecule has 1 fully saturated rings. The van der Waals surface area contributed by atoms with Crippen LogP contribution < -0.4 is 10.6 Å². The molecule has 2 amide bonds. The molecule has 1 aromatic carbocycles. The predicted molar refractivity (Wildman–Crippen MR) is 81.4 cm³/mol. The Hall–Kier alpha value is -1.40. The number of rotatable bonds is 4. The van der Waals surface area contributed by atoms with Crippen LogP contribution in [0.25, 0.3) is 0 Å². The van der Waals surface area contributed by atoms with Crippen LogP contribution in [-0.2, 0) is 9.59 Å². The highest BCUT2D eigenvalue weighted by Crippen LogP contribution is 2.15. The first-order valence-electron chi connectivity index (χ1n) is 6.63. The van der Waals surface area contributed by atoms with E-state index in [9.17, 15) is 9.59 Å². The first-order chi connectivity index (χ1) is 9.56. The molecule has 0 spiro atoms. The fourth-order valence-corrected chi connectivity index (χ4v) is 2.57. The van der Waals surface area contributed by atoms with Crippen LogP contribution >= 0.6 is 15.9 Å². The number of nitrogens with one attached hydrogen (secondary N) is 2. The maximum Gasteiger partial charge on any atom is 0.237 e. The van der Waals surface area contributed by atoms with E-state index in [0.29, 0.717) is 19.5 Å². The van der Waals surface area contributed by atoms with Crippen molar-refractivity contribution in [1.82, 2.24) is 10.2 Å². The fraction of sp³-hybridized carbons (Fsp3) is 0.429. The summed E-state index contributed by atoms with van der Waals surface area (Å²) in [6.07, 6.45) is 0.379. The van der Waals surface area contributed by atoms with E-state index in [1.54, 1.807) is 0 Å². The molecule has 0 radical (unpaired) electrons. The Morgan fingerprint density at radius 2 is 2.35 bits per heavy atom. The van der Waals surface area contributed by atoms with Gasteiger partial charge in [0.15, 0.2) is 0 Å². The van der Waals surface area contributed by atoms with Crippen LogP contribution in [0.5, 0.6) is 0 Å². The van der Waals surface area contributed by atoms with Crippen molar-refractivity contribution in [1.29, 1.82) is 0 Å². The number of halogens is 1. The lowest BCUT2D eigenvalue weighted by molar-refractivity contribution is -0.129. The molecular weight excluding hydrogens is 322 g/mol. The van der Waals surface area contributed by atoms with Crippen LogP contribution in [0.3, 0.4) is 0 Å². The molecular formula is C14H18BrN3O2. The van der Waals surface area contributed by atoms with Crippen LogP contribution in [0.2, 0.25) is 0 Å². The van der Waals surface area contributed by atoms with Gasteiger partial charge in [-0.05, 0) is 25.1 Å². The number of anilines is 1. The molecule has 1 atom stereocenters. The molecule has 1 saturated heterocycles. The van der Waals surface area contributed by atoms with Gasteiger partial charge < -0.3 is 10.6 Å². The molecule has 1 heterocycles. The van der Waals surface area contributed by atoms with Gasteiger partial charge >= 0.3 is 0 Å². The number of nitrogens with zero attached hydrogens (tertiary/aromatic N) is 1. The first-order valence-corrected chi connectivity index (χ1v) is 7.43. The average Bonchev–Trinajstić information content (AvgIpc) is 2.40. The summed E-state index contributed by atoms with van der Waals surface area (Å²) in [5.74, 6) is -0.00932. The van der Waals surface area contributed by atoms with Crippen molar-refractivity contribution in [3.05, 3.63) is 28.7 Å². The first kappa shape index (κ1) is 15.0. The molecule has 1 aliphatic heterocycles. The molecule has 6 heteroatoms. The Kier molecular flexibility index (Phi) is 5.14. The lowest BCUT2D eigenvalue weighted by Crippen LogP contribution is -2.54. The number of piperazine rings is 1. The molecule has 0 saturated carbocycles. The topological polar surface area (TPSA) is 61.4 Å². The molecule has 2 rings (SSSR count). The normalized spacial score (nSPS) is 19.5. The minimum Gasteiger partial charge on any atom is -0.353 e. The number of hydrogen-bond donors (Lipinski definition) is 2. The molecule has 20 heavy (non-hydrogen) atoms. The van der Waals surface area contributed by atoms with E-state index in [1.165, 1.54) is 0 Å².